The Hall–Kier alpha value is -0.810. The van der Waals surface area contributed by atoms with E-state index in [-0.39, 0.29) is 6.10 Å². The minimum atomic E-state index is -1.21. The summed E-state index contributed by atoms with van der Waals surface area (Å²) in [5.74, 6) is -0.799. The Morgan fingerprint density at radius 2 is 2.20 bits per heavy atom. The van der Waals surface area contributed by atoms with Crippen LogP contribution in [0.5, 0.6) is 0 Å². The van der Waals surface area contributed by atoms with Gasteiger partial charge in [-0.05, 0) is 31.7 Å². The predicted molar refractivity (Wildman–Crippen MR) is 76.0 cm³/mol. The van der Waals surface area contributed by atoms with Crippen LogP contribution < -0.4 is 0 Å². The fourth-order valence-electron chi connectivity index (χ4n) is 2.55. The zero-order valence-corrected chi connectivity index (χ0v) is 12.4. The molecule has 0 spiro atoms. The van der Waals surface area contributed by atoms with Gasteiger partial charge in [-0.1, -0.05) is 13.0 Å². The summed E-state index contributed by atoms with van der Waals surface area (Å²) in [7, 11) is -1.21. The summed E-state index contributed by atoms with van der Waals surface area (Å²) in [4.78, 5) is 0. The second kappa shape index (κ2) is 7.27. The molecule has 1 aliphatic rings. The molecule has 2 nitrogen and oxygen atoms in total. The van der Waals surface area contributed by atoms with Crippen molar-refractivity contribution in [2.75, 3.05) is 12.4 Å². The lowest BCUT2D eigenvalue weighted by Crippen LogP contribution is -2.27. The molecule has 0 unspecified atom stereocenters. The number of halogens is 2. The molecule has 0 N–H and O–H groups in total. The van der Waals surface area contributed by atoms with E-state index >= 15 is 0 Å². The first-order chi connectivity index (χ1) is 9.61. The molecule has 0 bridgehead atoms. The second-order valence-corrected chi connectivity index (χ2v) is 6.76. The van der Waals surface area contributed by atoms with E-state index in [0.717, 1.165) is 25.3 Å². The van der Waals surface area contributed by atoms with Crippen LogP contribution in [0.15, 0.2) is 18.2 Å². The summed E-state index contributed by atoms with van der Waals surface area (Å²) in [5, 5.41) is -0.402. The largest absolute Gasteiger partial charge is 0.377 e. The normalized spacial score (nSPS) is 22.4. The fourth-order valence-corrected chi connectivity index (χ4v) is 4.26. The average molecular weight is 302 g/mol. The molecule has 5 heteroatoms. The van der Waals surface area contributed by atoms with Gasteiger partial charge in [-0.15, -0.1) is 0 Å². The van der Waals surface area contributed by atoms with Gasteiger partial charge in [0.25, 0.3) is 0 Å². The average Bonchev–Trinajstić information content (AvgIpc) is 2.43. The molecular weight excluding hydrogens is 282 g/mol. The van der Waals surface area contributed by atoms with Gasteiger partial charge in [0.1, 0.15) is 11.6 Å². The Morgan fingerprint density at radius 1 is 1.40 bits per heavy atom. The van der Waals surface area contributed by atoms with Gasteiger partial charge in [0.05, 0.1) is 17.1 Å². The van der Waals surface area contributed by atoms with E-state index in [9.17, 15) is 13.0 Å². The maximum Gasteiger partial charge on any atom is 0.130 e. The molecule has 0 aliphatic carbocycles. The number of rotatable bonds is 5. The molecule has 1 aromatic carbocycles. The molecule has 0 aromatic heterocycles. The van der Waals surface area contributed by atoms with E-state index in [0.29, 0.717) is 24.3 Å². The van der Waals surface area contributed by atoms with Gasteiger partial charge in [0, 0.05) is 29.0 Å². The van der Waals surface area contributed by atoms with Crippen molar-refractivity contribution in [3.8, 4) is 0 Å². The van der Waals surface area contributed by atoms with Gasteiger partial charge in [-0.2, -0.15) is 0 Å². The molecular formula is C15H20F2O2S. The summed E-state index contributed by atoms with van der Waals surface area (Å²) in [6.45, 7) is 2.58. The van der Waals surface area contributed by atoms with Gasteiger partial charge in [-0.3, -0.25) is 4.21 Å². The van der Waals surface area contributed by atoms with Crippen LogP contribution in [0.25, 0.3) is 0 Å². The van der Waals surface area contributed by atoms with Gasteiger partial charge in [0.15, 0.2) is 0 Å². The number of hydrogen-bond acceptors (Lipinski definition) is 2. The van der Waals surface area contributed by atoms with Crippen molar-refractivity contribution in [2.45, 2.75) is 44.0 Å². The highest BCUT2D eigenvalue weighted by molar-refractivity contribution is 7.85. The van der Waals surface area contributed by atoms with E-state index in [1.165, 1.54) is 12.1 Å². The zero-order chi connectivity index (χ0) is 14.5. The molecule has 1 aromatic rings. The highest BCUT2D eigenvalue weighted by Crippen LogP contribution is 2.28. The van der Waals surface area contributed by atoms with Crippen molar-refractivity contribution in [3.63, 3.8) is 0 Å². The van der Waals surface area contributed by atoms with Crippen molar-refractivity contribution in [3.05, 3.63) is 35.4 Å². The molecule has 2 rings (SSSR count). The van der Waals surface area contributed by atoms with E-state index in [1.54, 1.807) is 0 Å². The highest BCUT2D eigenvalue weighted by atomic mass is 32.2. The minimum absolute atomic E-state index is 0.00198. The first-order valence-corrected chi connectivity index (χ1v) is 8.43. The SMILES string of the molecule is CC[C@H](c1ccc(F)cc1F)[S@](=O)C[C@@H]1CCCCO1. The third-order valence-corrected chi connectivity index (χ3v) is 5.54. The van der Waals surface area contributed by atoms with Crippen molar-refractivity contribution >= 4 is 10.8 Å². The van der Waals surface area contributed by atoms with Crippen molar-refractivity contribution in [2.24, 2.45) is 0 Å². The van der Waals surface area contributed by atoms with Crippen LogP contribution in [-0.4, -0.2) is 22.7 Å². The molecule has 112 valence electrons. The molecule has 0 saturated carbocycles. The Labute approximate surface area is 121 Å². The summed E-state index contributed by atoms with van der Waals surface area (Å²) in [6, 6.07) is 3.47. The van der Waals surface area contributed by atoms with E-state index in [4.69, 9.17) is 4.74 Å². The van der Waals surface area contributed by atoms with Crippen LogP contribution in [0.4, 0.5) is 8.78 Å². The summed E-state index contributed by atoms with van der Waals surface area (Å²) in [6.07, 6.45) is 3.61. The summed E-state index contributed by atoms with van der Waals surface area (Å²) >= 11 is 0. The lowest BCUT2D eigenvalue weighted by atomic mass is 10.1. The van der Waals surface area contributed by atoms with Gasteiger partial charge in [0.2, 0.25) is 0 Å². The molecule has 1 fully saturated rings. The summed E-state index contributed by atoms with van der Waals surface area (Å²) in [5.41, 5.74) is 0.336. The maximum absolute atomic E-state index is 13.8. The van der Waals surface area contributed by atoms with E-state index in [2.05, 4.69) is 0 Å². The van der Waals surface area contributed by atoms with E-state index < -0.39 is 27.7 Å². The molecule has 1 saturated heterocycles. The third-order valence-electron chi connectivity index (χ3n) is 3.62. The molecule has 1 aliphatic heterocycles. The predicted octanol–water partition coefficient (Wildman–Crippen LogP) is 3.73. The van der Waals surface area contributed by atoms with Gasteiger partial charge in [-0.25, -0.2) is 8.78 Å². The van der Waals surface area contributed by atoms with Crippen molar-refractivity contribution in [1.29, 1.82) is 0 Å². The Kier molecular flexibility index (Phi) is 5.66. The van der Waals surface area contributed by atoms with Crippen LogP contribution in [0, 0.1) is 11.6 Å². The topological polar surface area (TPSA) is 26.3 Å². The number of ether oxygens (including phenoxy) is 1. The number of benzene rings is 1. The van der Waals surface area contributed by atoms with Gasteiger partial charge < -0.3 is 4.74 Å². The summed E-state index contributed by atoms with van der Waals surface area (Å²) < 4.78 is 44.8. The molecule has 0 radical (unpaired) electrons. The van der Waals surface area contributed by atoms with Crippen LogP contribution in [-0.2, 0) is 15.5 Å². The van der Waals surface area contributed by atoms with Crippen LogP contribution in [0.2, 0.25) is 0 Å². The van der Waals surface area contributed by atoms with Crippen LogP contribution >= 0.6 is 0 Å². The quantitative estimate of drug-likeness (QED) is 0.828. The van der Waals surface area contributed by atoms with Crippen molar-refractivity contribution < 1.29 is 17.7 Å². The number of hydrogen-bond donors (Lipinski definition) is 0. The molecule has 1 heterocycles. The van der Waals surface area contributed by atoms with Crippen LogP contribution in [0.1, 0.15) is 43.4 Å². The fraction of sp³-hybridized carbons (Fsp3) is 0.600. The van der Waals surface area contributed by atoms with Gasteiger partial charge >= 0.3 is 0 Å². The lowest BCUT2D eigenvalue weighted by Gasteiger charge is -2.24. The minimum Gasteiger partial charge on any atom is -0.377 e. The smallest absolute Gasteiger partial charge is 0.130 e. The molecule has 3 atom stereocenters. The van der Waals surface area contributed by atoms with Crippen molar-refractivity contribution in [1.82, 2.24) is 0 Å². The first-order valence-electron chi connectivity index (χ1n) is 7.05. The standard InChI is InChI=1S/C15H20F2O2S/c1-2-15(13-7-6-11(16)9-14(13)17)20(18)10-12-5-3-4-8-19-12/h6-7,9,12,15H,2-5,8,10H2,1H3/t12-,15+,20+/m0/s1. The second-order valence-electron chi connectivity index (χ2n) is 5.10. The Balaban J connectivity index is 2.08. The molecule has 20 heavy (non-hydrogen) atoms. The Bertz CT molecular complexity index is 473. The van der Waals surface area contributed by atoms with E-state index in [1.807, 2.05) is 6.92 Å². The monoisotopic (exact) mass is 302 g/mol. The lowest BCUT2D eigenvalue weighted by molar-refractivity contribution is 0.0309. The highest BCUT2D eigenvalue weighted by Gasteiger charge is 2.25. The van der Waals surface area contributed by atoms with Crippen LogP contribution in [0.3, 0.4) is 0 Å². The first kappa shape index (κ1) is 15.6. The maximum atomic E-state index is 13.8. The Morgan fingerprint density at radius 3 is 2.80 bits per heavy atom. The molecule has 0 amide bonds. The third kappa shape index (κ3) is 3.85. The zero-order valence-electron chi connectivity index (χ0n) is 11.6.